The molecule has 0 aliphatic rings. The second-order valence-electron chi connectivity index (χ2n) is 1.93. The first-order valence-electron chi connectivity index (χ1n) is 2.70. The van der Waals surface area contributed by atoms with Gasteiger partial charge in [0.15, 0.2) is 0 Å². The minimum atomic E-state index is 0.810. The van der Waals surface area contributed by atoms with Crippen molar-refractivity contribution in [3.05, 3.63) is 23.7 Å². The van der Waals surface area contributed by atoms with Crippen LogP contribution in [-0.4, -0.2) is 4.98 Å². The van der Waals surface area contributed by atoms with E-state index in [0.717, 1.165) is 23.7 Å². The van der Waals surface area contributed by atoms with Crippen LogP contribution in [0.5, 0.6) is 0 Å². The van der Waals surface area contributed by atoms with Gasteiger partial charge in [-0.15, -0.1) is 0 Å². The molecular weight excluding hydrogens is 406 g/mol. The van der Waals surface area contributed by atoms with E-state index in [2.05, 4.69) is 68.7 Å². The average molecular weight is 409 g/mol. The van der Waals surface area contributed by atoms with E-state index in [1.165, 1.54) is 0 Å². The molecule has 0 fully saturated rings. The van der Waals surface area contributed by atoms with E-state index in [4.69, 9.17) is 0 Å². The molecular formula is C6H3Br4N. The third-order valence-electron chi connectivity index (χ3n) is 1.15. The van der Waals surface area contributed by atoms with Crippen LogP contribution in [0.4, 0.5) is 0 Å². The summed E-state index contributed by atoms with van der Waals surface area (Å²) in [5.41, 5.74) is 0.951. The molecule has 0 atom stereocenters. The zero-order valence-electron chi connectivity index (χ0n) is 5.46. The number of rotatable bonds is 0. The van der Waals surface area contributed by atoms with Gasteiger partial charge in [0.05, 0.1) is 19.1 Å². The summed E-state index contributed by atoms with van der Waals surface area (Å²) < 4.78 is 3.70. The average Bonchev–Trinajstić information content (AvgIpc) is 1.97. The standard InChI is InChI=1S/C6H3Br4N/c1-2-3(7)4(8)5(9)6(10)11-2/h1H3. The lowest BCUT2D eigenvalue weighted by molar-refractivity contribution is 1.12. The van der Waals surface area contributed by atoms with Crippen molar-refractivity contribution in [3.63, 3.8) is 0 Å². The second kappa shape index (κ2) is 3.85. The molecule has 0 aliphatic heterocycles. The maximum absolute atomic E-state index is 4.23. The van der Waals surface area contributed by atoms with E-state index in [1.807, 2.05) is 6.92 Å². The SMILES string of the molecule is Cc1nc(Br)c(Br)c(Br)c1Br. The quantitative estimate of drug-likeness (QED) is 0.578. The number of aromatic nitrogens is 1. The molecule has 0 amide bonds. The fourth-order valence-electron chi connectivity index (χ4n) is 0.591. The first kappa shape index (κ1) is 10.2. The molecule has 0 aromatic carbocycles. The van der Waals surface area contributed by atoms with Gasteiger partial charge in [-0.3, -0.25) is 0 Å². The molecule has 0 N–H and O–H groups in total. The fraction of sp³-hybridized carbons (Fsp3) is 0.167. The summed E-state index contributed by atoms with van der Waals surface area (Å²) >= 11 is 13.5. The third kappa shape index (κ3) is 2.05. The molecule has 1 rings (SSSR count). The van der Waals surface area contributed by atoms with Crippen LogP contribution in [0.1, 0.15) is 5.69 Å². The molecule has 1 aromatic heterocycles. The first-order valence-corrected chi connectivity index (χ1v) is 5.88. The zero-order valence-corrected chi connectivity index (χ0v) is 11.8. The Morgan fingerprint density at radius 3 is 2.00 bits per heavy atom. The Morgan fingerprint density at radius 1 is 0.909 bits per heavy atom. The molecule has 0 bridgehead atoms. The van der Waals surface area contributed by atoms with Gasteiger partial charge in [-0.05, 0) is 70.6 Å². The summed E-state index contributed by atoms with van der Waals surface area (Å²) in [5, 5.41) is 0. The van der Waals surface area contributed by atoms with E-state index in [0.29, 0.717) is 0 Å². The van der Waals surface area contributed by atoms with Crippen molar-refractivity contribution in [2.24, 2.45) is 0 Å². The summed E-state index contributed by atoms with van der Waals surface area (Å²) in [6, 6.07) is 0. The van der Waals surface area contributed by atoms with E-state index >= 15 is 0 Å². The van der Waals surface area contributed by atoms with Gasteiger partial charge in [-0.1, -0.05) is 0 Å². The summed E-state index contributed by atoms with van der Waals surface area (Å²) in [6.07, 6.45) is 0. The first-order chi connectivity index (χ1) is 5.04. The largest absolute Gasteiger partial charge is 0.244 e. The van der Waals surface area contributed by atoms with Crippen molar-refractivity contribution in [1.82, 2.24) is 4.98 Å². The van der Waals surface area contributed by atoms with E-state index in [1.54, 1.807) is 0 Å². The maximum atomic E-state index is 4.23. The molecule has 0 saturated heterocycles. The maximum Gasteiger partial charge on any atom is 0.121 e. The topological polar surface area (TPSA) is 12.9 Å². The van der Waals surface area contributed by atoms with Crippen molar-refractivity contribution in [3.8, 4) is 0 Å². The van der Waals surface area contributed by atoms with Gasteiger partial charge in [0.25, 0.3) is 0 Å². The molecule has 0 unspecified atom stereocenters. The van der Waals surface area contributed by atoms with Crippen molar-refractivity contribution in [2.75, 3.05) is 0 Å². The summed E-state index contributed by atoms with van der Waals surface area (Å²) in [7, 11) is 0. The number of pyridine rings is 1. The van der Waals surface area contributed by atoms with Gasteiger partial charge in [-0.2, -0.15) is 0 Å². The van der Waals surface area contributed by atoms with Crippen LogP contribution in [0.15, 0.2) is 18.0 Å². The third-order valence-corrected chi connectivity index (χ3v) is 5.86. The highest BCUT2D eigenvalue weighted by atomic mass is 79.9. The van der Waals surface area contributed by atoms with Crippen molar-refractivity contribution in [1.29, 1.82) is 0 Å². The number of hydrogen-bond acceptors (Lipinski definition) is 1. The molecule has 0 radical (unpaired) electrons. The molecule has 0 aliphatic carbocycles. The molecule has 0 spiro atoms. The fourth-order valence-corrected chi connectivity index (χ4v) is 2.64. The number of halogens is 4. The number of aryl methyl sites for hydroxylation is 1. The van der Waals surface area contributed by atoms with E-state index in [9.17, 15) is 0 Å². The van der Waals surface area contributed by atoms with E-state index < -0.39 is 0 Å². The number of nitrogens with zero attached hydrogens (tertiary/aromatic N) is 1. The molecule has 60 valence electrons. The van der Waals surface area contributed by atoms with Gasteiger partial charge in [0.1, 0.15) is 4.60 Å². The second-order valence-corrected chi connectivity index (χ2v) is 5.06. The predicted octanol–water partition coefficient (Wildman–Crippen LogP) is 4.44. The van der Waals surface area contributed by atoms with Gasteiger partial charge in [0.2, 0.25) is 0 Å². The summed E-state index contributed by atoms with van der Waals surface area (Å²) in [5.74, 6) is 0. The minimum Gasteiger partial charge on any atom is -0.244 e. The molecule has 11 heavy (non-hydrogen) atoms. The molecule has 1 heterocycles. The van der Waals surface area contributed by atoms with Gasteiger partial charge in [0, 0.05) is 0 Å². The van der Waals surface area contributed by atoms with Crippen molar-refractivity contribution in [2.45, 2.75) is 6.92 Å². The Hall–Kier alpha value is 1.07. The lowest BCUT2D eigenvalue weighted by Gasteiger charge is -2.04. The van der Waals surface area contributed by atoms with Crippen LogP contribution in [0, 0.1) is 6.92 Å². The van der Waals surface area contributed by atoms with E-state index in [-0.39, 0.29) is 0 Å². The zero-order chi connectivity index (χ0) is 8.59. The van der Waals surface area contributed by atoms with Crippen LogP contribution in [0.3, 0.4) is 0 Å². The monoisotopic (exact) mass is 405 g/mol. The van der Waals surface area contributed by atoms with Crippen LogP contribution in [0.25, 0.3) is 0 Å². The molecule has 0 saturated carbocycles. The number of hydrogen-bond donors (Lipinski definition) is 0. The highest BCUT2D eigenvalue weighted by Gasteiger charge is 2.09. The normalized spacial score (nSPS) is 10.3. The minimum absolute atomic E-state index is 0.810. The van der Waals surface area contributed by atoms with Crippen LogP contribution < -0.4 is 0 Å². The van der Waals surface area contributed by atoms with Crippen LogP contribution in [-0.2, 0) is 0 Å². The lowest BCUT2D eigenvalue weighted by atomic mass is 10.4. The Labute approximate surface area is 98.5 Å². The Bertz CT molecular complexity index is 271. The Morgan fingerprint density at radius 2 is 1.45 bits per heavy atom. The van der Waals surface area contributed by atoms with Crippen LogP contribution in [0.2, 0.25) is 0 Å². The highest BCUT2D eigenvalue weighted by molar-refractivity contribution is 9.15. The van der Waals surface area contributed by atoms with Gasteiger partial charge >= 0.3 is 0 Å². The van der Waals surface area contributed by atoms with Crippen molar-refractivity contribution >= 4 is 63.7 Å². The van der Waals surface area contributed by atoms with Crippen LogP contribution >= 0.6 is 63.7 Å². The lowest BCUT2D eigenvalue weighted by Crippen LogP contribution is -1.87. The predicted molar refractivity (Wildman–Crippen MR) is 59.8 cm³/mol. The molecule has 1 nitrogen and oxygen atoms in total. The Balaban J connectivity index is 3.46. The van der Waals surface area contributed by atoms with Gasteiger partial charge in [-0.25, -0.2) is 4.98 Å². The smallest absolute Gasteiger partial charge is 0.121 e. The van der Waals surface area contributed by atoms with Crippen molar-refractivity contribution < 1.29 is 0 Å². The Kier molecular flexibility index (Phi) is 3.56. The van der Waals surface area contributed by atoms with Gasteiger partial charge < -0.3 is 0 Å². The summed E-state index contributed by atoms with van der Waals surface area (Å²) in [6.45, 7) is 1.94. The molecule has 1 aromatic rings. The highest BCUT2D eigenvalue weighted by Crippen LogP contribution is 2.36. The summed E-state index contributed by atoms with van der Waals surface area (Å²) in [4.78, 5) is 4.23. The molecule has 5 heteroatoms.